The van der Waals surface area contributed by atoms with Gasteiger partial charge in [0.05, 0.1) is 0 Å². The van der Waals surface area contributed by atoms with Crippen LogP contribution in [0.15, 0.2) is 48.5 Å². The summed E-state index contributed by atoms with van der Waals surface area (Å²) >= 11 is 0. The largest absolute Gasteiger partial charge is 0.340 e. The first-order valence-electron chi connectivity index (χ1n) is 7.49. The van der Waals surface area contributed by atoms with Crippen molar-refractivity contribution in [3.63, 3.8) is 0 Å². The molecule has 4 nitrogen and oxygen atoms in total. The smallest absolute Gasteiger partial charge is 0.252 e. The summed E-state index contributed by atoms with van der Waals surface area (Å²) in [4.78, 5) is 26.4. The predicted octanol–water partition coefficient (Wildman–Crippen LogP) is 2.67. The molecule has 3 rings (SSSR count). The summed E-state index contributed by atoms with van der Waals surface area (Å²) in [6.45, 7) is 2.36. The Morgan fingerprint density at radius 2 is 1.87 bits per heavy atom. The van der Waals surface area contributed by atoms with Crippen LogP contribution in [0.2, 0.25) is 0 Å². The van der Waals surface area contributed by atoms with Crippen molar-refractivity contribution in [3.8, 4) is 0 Å². The third kappa shape index (κ3) is 3.08. The van der Waals surface area contributed by atoms with E-state index in [0.29, 0.717) is 24.2 Å². The lowest BCUT2D eigenvalue weighted by atomic mass is 10.1. The molecule has 0 unspecified atom stereocenters. The molecule has 118 valence electrons. The highest BCUT2D eigenvalue weighted by Crippen LogP contribution is 2.22. The molecule has 1 fully saturated rings. The fraction of sp³-hybridized carbons (Fsp3) is 0.222. The molecule has 0 spiro atoms. The lowest BCUT2D eigenvalue weighted by molar-refractivity contribution is -0.118. The van der Waals surface area contributed by atoms with Gasteiger partial charge in [0, 0.05) is 17.8 Å². The Morgan fingerprint density at radius 1 is 1.17 bits per heavy atom. The van der Waals surface area contributed by atoms with Gasteiger partial charge in [-0.1, -0.05) is 18.2 Å². The number of halogens is 1. The van der Waals surface area contributed by atoms with E-state index in [0.717, 1.165) is 5.56 Å². The van der Waals surface area contributed by atoms with Crippen molar-refractivity contribution >= 4 is 17.5 Å². The summed E-state index contributed by atoms with van der Waals surface area (Å²) in [7, 11) is 0. The molecule has 0 aliphatic carbocycles. The Kier molecular flexibility index (Phi) is 4.10. The predicted molar refractivity (Wildman–Crippen MR) is 85.8 cm³/mol. The quantitative estimate of drug-likeness (QED) is 0.947. The number of hydrogen-bond donors (Lipinski definition) is 1. The van der Waals surface area contributed by atoms with Gasteiger partial charge in [0.15, 0.2) is 0 Å². The first-order valence-corrected chi connectivity index (χ1v) is 7.49. The summed E-state index contributed by atoms with van der Waals surface area (Å²) in [5, 5.41) is 2.79. The van der Waals surface area contributed by atoms with Crippen LogP contribution in [0.5, 0.6) is 0 Å². The normalized spacial score (nSPS) is 17.4. The van der Waals surface area contributed by atoms with Crippen molar-refractivity contribution in [1.82, 2.24) is 5.32 Å². The number of carbonyl (C=O) groups excluding carboxylic acids is 2. The Labute approximate surface area is 133 Å². The summed E-state index contributed by atoms with van der Waals surface area (Å²) < 4.78 is 13.0. The first-order chi connectivity index (χ1) is 11.1. The maximum absolute atomic E-state index is 13.0. The highest BCUT2D eigenvalue weighted by atomic mass is 19.1. The molecule has 5 heteroatoms. The molecule has 0 aromatic heterocycles. The van der Waals surface area contributed by atoms with E-state index >= 15 is 0 Å². The van der Waals surface area contributed by atoms with Crippen LogP contribution >= 0.6 is 0 Å². The van der Waals surface area contributed by atoms with Crippen LogP contribution in [0.4, 0.5) is 10.1 Å². The zero-order valence-corrected chi connectivity index (χ0v) is 12.8. The molecule has 0 bridgehead atoms. The summed E-state index contributed by atoms with van der Waals surface area (Å²) in [6, 6.07) is 12.5. The molecule has 1 atom stereocenters. The van der Waals surface area contributed by atoms with Gasteiger partial charge in [0.1, 0.15) is 11.9 Å². The summed E-state index contributed by atoms with van der Waals surface area (Å²) in [5.74, 6) is -0.759. The van der Waals surface area contributed by atoms with E-state index in [-0.39, 0.29) is 17.6 Å². The Hall–Kier alpha value is -2.69. The second kappa shape index (κ2) is 6.20. The molecule has 0 radical (unpaired) electrons. The molecule has 23 heavy (non-hydrogen) atoms. The molecule has 2 aromatic rings. The molecule has 1 N–H and O–H groups in total. The SMILES string of the molecule is Cc1ccccc1C(=O)N[C@@H]1CCN(c2ccc(F)cc2)C1=O. The number of aryl methyl sites for hydroxylation is 1. The van der Waals surface area contributed by atoms with Crippen molar-refractivity contribution in [2.75, 3.05) is 11.4 Å². The van der Waals surface area contributed by atoms with Crippen LogP contribution < -0.4 is 10.2 Å². The van der Waals surface area contributed by atoms with Gasteiger partial charge in [-0.05, 0) is 49.2 Å². The van der Waals surface area contributed by atoms with E-state index in [4.69, 9.17) is 0 Å². The fourth-order valence-corrected chi connectivity index (χ4v) is 2.75. The average molecular weight is 312 g/mol. The van der Waals surface area contributed by atoms with Gasteiger partial charge in [-0.25, -0.2) is 4.39 Å². The summed E-state index contributed by atoms with van der Waals surface area (Å²) in [6.07, 6.45) is 0.536. The minimum Gasteiger partial charge on any atom is -0.340 e. The lowest BCUT2D eigenvalue weighted by Gasteiger charge is -2.17. The Morgan fingerprint density at radius 3 is 2.57 bits per heavy atom. The first kappa shape index (κ1) is 15.2. The van der Waals surface area contributed by atoms with Gasteiger partial charge >= 0.3 is 0 Å². The number of amides is 2. The van der Waals surface area contributed by atoms with E-state index in [1.165, 1.54) is 12.1 Å². The maximum atomic E-state index is 13.0. The highest BCUT2D eigenvalue weighted by Gasteiger charge is 2.33. The number of anilines is 1. The lowest BCUT2D eigenvalue weighted by Crippen LogP contribution is -2.41. The van der Waals surface area contributed by atoms with Gasteiger partial charge in [0.25, 0.3) is 5.91 Å². The topological polar surface area (TPSA) is 49.4 Å². The molecule has 1 heterocycles. The standard InChI is InChI=1S/C18H17FN2O2/c1-12-4-2-3-5-15(12)17(22)20-16-10-11-21(18(16)23)14-8-6-13(19)7-9-14/h2-9,16H,10-11H2,1H3,(H,20,22)/t16-/m1/s1. The van der Waals surface area contributed by atoms with Crippen LogP contribution in [0.25, 0.3) is 0 Å². The Bertz CT molecular complexity index is 743. The van der Waals surface area contributed by atoms with E-state index in [1.54, 1.807) is 29.2 Å². The van der Waals surface area contributed by atoms with Gasteiger partial charge in [-0.15, -0.1) is 0 Å². The minimum absolute atomic E-state index is 0.168. The summed E-state index contributed by atoms with van der Waals surface area (Å²) in [5.41, 5.74) is 2.08. The van der Waals surface area contributed by atoms with Gasteiger partial charge in [0.2, 0.25) is 5.91 Å². The van der Waals surface area contributed by atoms with E-state index < -0.39 is 6.04 Å². The zero-order chi connectivity index (χ0) is 16.4. The van der Waals surface area contributed by atoms with E-state index in [1.807, 2.05) is 19.1 Å². The number of carbonyl (C=O) groups is 2. The van der Waals surface area contributed by atoms with E-state index in [2.05, 4.69) is 5.32 Å². The van der Waals surface area contributed by atoms with Crippen molar-refractivity contribution < 1.29 is 14.0 Å². The molecule has 1 saturated heterocycles. The molecule has 1 aliphatic heterocycles. The molecule has 2 aromatic carbocycles. The molecule has 0 saturated carbocycles. The number of nitrogens with zero attached hydrogens (tertiary/aromatic N) is 1. The van der Waals surface area contributed by atoms with Crippen LogP contribution in [0.3, 0.4) is 0 Å². The zero-order valence-electron chi connectivity index (χ0n) is 12.8. The van der Waals surface area contributed by atoms with Crippen molar-refractivity contribution in [1.29, 1.82) is 0 Å². The van der Waals surface area contributed by atoms with E-state index in [9.17, 15) is 14.0 Å². The number of rotatable bonds is 3. The highest BCUT2D eigenvalue weighted by molar-refractivity contribution is 6.04. The van der Waals surface area contributed by atoms with Crippen molar-refractivity contribution in [2.24, 2.45) is 0 Å². The van der Waals surface area contributed by atoms with Gasteiger partial charge < -0.3 is 10.2 Å². The van der Waals surface area contributed by atoms with Crippen LogP contribution in [-0.4, -0.2) is 24.4 Å². The van der Waals surface area contributed by atoms with Crippen LogP contribution in [-0.2, 0) is 4.79 Å². The monoisotopic (exact) mass is 312 g/mol. The molecular formula is C18H17FN2O2. The van der Waals surface area contributed by atoms with Crippen molar-refractivity contribution in [3.05, 3.63) is 65.5 Å². The number of nitrogens with one attached hydrogen (secondary N) is 1. The fourth-order valence-electron chi connectivity index (χ4n) is 2.75. The maximum Gasteiger partial charge on any atom is 0.252 e. The third-order valence-corrected chi connectivity index (χ3v) is 4.04. The number of benzene rings is 2. The van der Waals surface area contributed by atoms with Crippen molar-refractivity contribution in [2.45, 2.75) is 19.4 Å². The third-order valence-electron chi connectivity index (χ3n) is 4.04. The number of hydrogen-bond acceptors (Lipinski definition) is 2. The molecule has 2 amide bonds. The second-order valence-corrected chi connectivity index (χ2v) is 5.60. The minimum atomic E-state index is -0.549. The van der Waals surface area contributed by atoms with Crippen LogP contribution in [0.1, 0.15) is 22.3 Å². The van der Waals surface area contributed by atoms with Gasteiger partial charge in [-0.2, -0.15) is 0 Å². The molecular weight excluding hydrogens is 295 g/mol. The second-order valence-electron chi connectivity index (χ2n) is 5.60. The Balaban J connectivity index is 1.71. The average Bonchev–Trinajstić information content (AvgIpc) is 2.89. The van der Waals surface area contributed by atoms with Gasteiger partial charge in [-0.3, -0.25) is 9.59 Å². The molecule has 1 aliphatic rings. The van der Waals surface area contributed by atoms with Crippen LogP contribution in [0, 0.1) is 12.7 Å².